The molecule has 0 unspecified atom stereocenters. The van der Waals surface area contributed by atoms with Crippen LogP contribution in [0.15, 0.2) is 24.7 Å². The highest BCUT2D eigenvalue weighted by Gasteiger charge is 2.07. The molecule has 2 aromatic heterocycles. The van der Waals surface area contributed by atoms with Crippen molar-refractivity contribution in [3.8, 4) is 11.3 Å². The van der Waals surface area contributed by atoms with Gasteiger partial charge in [-0.15, -0.1) is 12.4 Å². The molecular formula is C12H14ClN5O. The molecular weight excluding hydrogens is 266 g/mol. The first kappa shape index (κ1) is 14.8. The number of pyridine rings is 1. The Balaban J connectivity index is 0.00000180. The van der Waals surface area contributed by atoms with Gasteiger partial charge in [0.1, 0.15) is 12.1 Å². The van der Waals surface area contributed by atoms with E-state index in [2.05, 4.69) is 20.3 Å². The molecule has 19 heavy (non-hydrogen) atoms. The third kappa shape index (κ3) is 3.62. The first-order valence-electron chi connectivity index (χ1n) is 5.38. The smallest absolute Gasteiger partial charge is 0.222 e. The van der Waals surface area contributed by atoms with Gasteiger partial charge in [-0.25, -0.2) is 15.0 Å². The molecule has 0 fully saturated rings. The van der Waals surface area contributed by atoms with Crippen molar-refractivity contribution >= 4 is 29.8 Å². The van der Waals surface area contributed by atoms with E-state index in [-0.39, 0.29) is 18.3 Å². The van der Waals surface area contributed by atoms with E-state index in [4.69, 9.17) is 5.73 Å². The summed E-state index contributed by atoms with van der Waals surface area (Å²) < 4.78 is 0. The average molecular weight is 280 g/mol. The Hall–Kier alpha value is -2.21. The molecule has 2 rings (SSSR count). The van der Waals surface area contributed by atoms with Crippen molar-refractivity contribution in [1.29, 1.82) is 0 Å². The molecule has 0 atom stereocenters. The Bertz CT molecular complexity index is 602. The summed E-state index contributed by atoms with van der Waals surface area (Å²) in [5.41, 5.74) is 8.71. The van der Waals surface area contributed by atoms with Crippen molar-refractivity contribution < 1.29 is 4.79 Å². The van der Waals surface area contributed by atoms with Crippen LogP contribution in [-0.4, -0.2) is 20.9 Å². The normalized spacial score (nSPS) is 9.58. The molecule has 1 amide bonds. The van der Waals surface area contributed by atoms with Crippen LogP contribution in [0.1, 0.15) is 12.6 Å². The lowest BCUT2D eigenvalue weighted by atomic mass is 10.1. The van der Waals surface area contributed by atoms with E-state index in [9.17, 15) is 4.79 Å². The van der Waals surface area contributed by atoms with Crippen molar-refractivity contribution in [3.05, 3.63) is 30.4 Å². The van der Waals surface area contributed by atoms with Crippen LogP contribution in [0.3, 0.4) is 0 Å². The summed E-state index contributed by atoms with van der Waals surface area (Å²) in [6.07, 6.45) is 3.06. The Morgan fingerprint density at radius 1 is 1.26 bits per heavy atom. The quantitative estimate of drug-likeness (QED) is 0.874. The number of aryl methyl sites for hydroxylation is 1. The molecule has 0 aromatic carbocycles. The van der Waals surface area contributed by atoms with Gasteiger partial charge in [0.25, 0.3) is 0 Å². The first-order chi connectivity index (χ1) is 8.56. The van der Waals surface area contributed by atoms with Crippen LogP contribution in [0, 0.1) is 6.92 Å². The van der Waals surface area contributed by atoms with Gasteiger partial charge >= 0.3 is 0 Å². The molecule has 2 heterocycles. The molecule has 100 valence electrons. The van der Waals surface area contributed by atoms with Crippen molar-refractivity contribution in [2.75, 3.05) is 11.1 Å². The molecule has 0 spiro atoms. The molecule has 0 bridgehead atoms. The second kappa shape index (κ2) is 6.10. The fourth-order valence-electron chi connectivity index (χ4n) is 1.54. The fraction of sp³-hybridized carbons (Fsp3) is 0.167. The van der Waals surface area contributed by atoms with E-state index in [1.54, 1.807) is 12.3 Å². The Morgan fingerprint density at radius 3 is 2.58 bits per heavy atom. The summed E-state index contributed by atoms with van der Waals surface area (Å²) in [6.45, 7) is 3.29. The third-order valence-corrected chi connectivity index (χ3v) is 2.32. The Labute approximate surface area is 116 Å². The number of carbonyl (C=O) groups is 1. The topological polar surface area (TPSA) is 93.8 Å². The fourth-order valence-corrected chi connectivity index (χ4v) is 1.54. The van der Waals surface area contributed by atoms with E-state index in [1.165, 1.54) is 13.3 Å². The lowest BCUT2D eigenvalue weighted by Gasteiger charge is -2.07. The summed E-state index contributed by atoms with van der Waals surface area (Å²) in [4.78, 5) is 23.2. The van der Waals surface area contributed by atoms with E-state index < -0.39 is 0 Å². The van der Waals surface area contributed by atoms with Crippen LogP contribution in [0.4, 0.5) is 11.5 Å². The molecule has 0 aliphatic carbocycles. The van der Waals surface area contributed by atoms with Crippen LogP contribution in [-0.2, 0) is 4.79 Å². The number of hydrogen-bond donors (Lipinski definition) is 2. The number of anilines is 2. The predicted molar refractivity (Wildman–Crippen MR) is 76.0 cm³/mol. The monoisotopic (exact) mass is 279 g/mol. The second-order valence-electron chi connectivity index (χ2n) is 3.88. The van der Waals surface area contributed by atoms with Crippen LogP contribution < -0.4 is 11.1 Å². The van der Waals surface area contributed by atoms with Gasteiger partial charge in [0.05, 0.1) is 5.69 Å². The molecule has 6 nitrogen and oxygen atoms in total. The summed E-state index contributed by atoms with van der Waals surface area (Å²) in [7, 11) is 0. The van der Waals surface area contributed by atoms with E-state index in [0.29, 0.717) is 17.2 Å². The minimum absolute atomic E-state index is 0. The maximum Gasteiger partial charge on any atom is 0.222 e. The van der Waals surface area contributed by atoms with Crippen LogP contribution >= 0.6 is 12.4 Å². The zero-order valence-corrected chi connectivity index (χ0v) is 11.4. The summed E-state index contributed by atoms with van der Waals surface area (Å²) in [5.74, 6) is 0.238. The van der Waals surface area contributed by atoms with Gasteiger partial charge in [-0.3, -0.25) is 4.79 Å². The van der Waals surface area contributed by atoms with E-state index >= 15 is 0 Å². The van der Waals surface area contributed by atoms with Crippen LogP contribution in [0.2, 0.25) is 0 Å². The number of halogens is 1. The predicted octanol–water partition coefficient (Wildman–Crippen LogP) is 1.81. The molecule has 0 saturated carbocycles. The molecule has 0 aliphatic rings. The lowest BCUT2D eigenvalue weighted by Crippen LogP contribution is -2.08. The number of rotatable bonds is 2. The number of amides is 1. The number of aromatic nitrogens is 3. The lowest BCUT2D eigenvalue weighted by molar-refractivity contribution is -0.114. The van der Waals surface area contributed by atoms with Gasteiger partial charge in [-0.2, -0.15) is 0 Å². The van der Waals surface area contributed by atoms with E-state index in [0.717, 1.165) is 11.3 Å². The molecule has 0 saturated heterocycles. The highest BCUT2D eigenvalue weighted by molar-refractivity contribution is 5.89. The SMILES string of the molecule is CC(=O)Nc1cc(N)c(-c2cc(C)ncn2)cn1.Cl. The minimum Gasteiger partial charge on any atom is -0.398 e. The van der Waals surface area contributed by atoms with Gasteiger partial charge in [0, 0.05) is 36.1 Å². The van der Waals surface area contributed by atoms with Crippen molar-refractivity contribution in [2.45, 2.75) is 13.8 Å². The number of nitrogen functional groups attached to an aromatic ring is 1. The molecule has 3 N–H and O–H groups in total. The van der Waals surface area contributed by atoms with Gasteiger partial charge in [-0.1, -0.05) is 0 Å². The molecule has 7 heteroatoms. The summed E-state index contributed by atoms with van der Waals surface area (Å²) in [5, 5.41) is 2.57. The number of hydrogen-bond acceptors (Lipinski definition) is 5. The second-order valence-corrected chi connectivity index (χ2v) is 3.88. The molecule has 2 aromatic rings. The van der Waals surface area contributed by atoms with Crippen LogP contribution in [0.25, 0.3) is 11.3 Å². The van der Waals surface area contributed by atoms with Gasteiger partial charge in [0.2, 0.25) is 5.91 Å². The largest absolute Gasteiger partial charge is 0.398 e. The van der Waals surface area contributed by atoms with Crippen molar-refractivity contribution in [3.63, 3.8) is 0 Å². The Morgan fingerprint density at radius 2 is 2.00 bits per heavy atom. The average Bonchev–Trinajstić information content (AvgIpc) is 2.28. The molecule has 0 radical (unpaired) electrons. The maximum atomic E-state index is 10.9. The highest BCUT2D eigenvalue weighted by Crippen LogP contribution is 2.25. The van der Waals surface area contributed by atoms with Crippen molar-refractivity contribution in [1.82, 2.24) is 15.0 Å². The number of nitrogens with one attached hydrogen (secondary N) is 1. The first-order valence-corrected chi connectivity index (χ1v) is 5.38. The zero-order valence-electron chi connectivity index (χ0n) is 10.5. The molecule has 0 aliphatic heterocycles. The standard InChI is InChI=1S/C12H13N5O.ClH/c1-7-3-11(16-6-15-7)9-5-14-12(4-10(9)13)17-8(2)18;/h3-6H,1-2H3,(H3,13,14,17,18);1H. The maximum absolute atomic E-state index is 10.9. The highest BCUT2D eigenvalue weighted by atomic mass is 35.5. The van der Waals surface area contributed by atoms with Gasteiger partial charge in [-0.05, 0) is 13.0 Å². The Kier molecular flexibility index (Phi) is 4.77. The van der Waals surface area contributed by atoms with E-state index in [1.807, 2.05) is 13.0 Å². The number of nitrogens with zero attached hydrogens (tertiary/aromatic N) is 3. The van der Waals surface area contributed by atoms with Crippen molar-refractivity contribution in [2.24, 2.45) is 0 Å². The minimum atomic E-state index is -0.187. The number of nitrogens with two attached hydrogens (primary N) is 1. The summed E-state index contributed by atoms with van der Waals surface area (Å²) in [6, 6.07) is 3.43. The zero-order chi connectivity index (χ0) is 13.1. The summed E-state index contributed by atoms with van der Waals surface area (Å²) >= 11 is 0. The number of carbonyl (C=O) groups excluding carboxylic acids is 1. The third-order valence-electron chi connectivity index (χ3n) is 2.32. The van der Waals surface area contributed by atoms with Gasteiger partial charge < -0.3 is 11.1 Å². The van der Waals surface area contributed by atoms with Crippen LogP contribution in [0.5, 0.6) is 0 Å². The van der Waals surface area contributed by atoms with Gasteiger partial charge in [0.15, 0.2) is 0 Å².